The van der Waals surface area contributed by atoms with Gasteiger partial charge in [0.2, 0.25) is 5.91 Å². The number of imidazole rings is 1. The van der Waals surface area contributed by atoms with Crippen LogP contribution in [0.1, 0.15) is 22.3 Å². The molecule has 1 N–H and O–H groups in total. The van der Waals surface area contributed by atoms with Crippen molar-refractivity contribution in [2.24, 2.45) is 0 Å². The molecule has 3 rings (SSSR count). The first kappa shape index (κ1) is 16.7. The normalized spacial score (nSPS) is 10.6. The minimum atomic E-state index is -0.430. The topological polar surface area (TPSA) is 73.2 Å². The van der Waals surface area contributed by atoms with E-state index in [0.29, 0.717) is 24.2 Å². The number of hydrogen-bond donors (Lipinski definition) is 1. The molecule has 128 valence electrons. The van der Waals surface area contributed by atoms with Crippen molar-refractivity contribution in [3.63, 3.8) is 0 Å². The van der Waals surface area contributed by atoms with Crippen LogP contribution in [0.15, 0.2) is 48.8 Å². The van der Waals surface area contributed by atoms with Gasteiger partial charge in [0.05, 0.1) is 30.0 Å². The number of amides is 1. The molecule has 0 fully saturated rings. The van der Waals surface area contributed by atoms with Crippen LogP contribution in [-0.4, -0.2) is 28.5 Å². The van der Waals surface area contributed by atoms with Crippen molar-refractivity contribution in [1.82, 2.24) is 9.55 Å². The third-order valence-corrected chi connectivity index (χ3v) is 4.04. The van der Waals surface area contributed by atoms with E-state index in [0.717, 1.165) is 16.6 Å². The van der Waals surface area contributed by atoms with Crippen LogP contribution in [0.3, 0.4) is 0 Å². The maximum absolute atomic E-state index is 12.3. The van der Waals surface area contributed by atoms with E-state index in [-0.39, 0.29) is 5.91 Å². The van der Waals surface area contributed by atoms with Gasteiger partial charge in [0.25, 0.3) is 0 Å². The molecular weight excluding hydrogens is 318 g/mol. The third kappa shape index (κ3) is 3.68. The number of benzene rings is 2. The van der Waals surface area contributed by atoms with E-state index in [2.05, 4.69) is 10.3 Å². The van der Waals surface area contributed by atoms with Gasteiger partial charge in [-0.05, 0) is 36.8 Å². The molecular formula is C19H19N3O3. The molecule has 0 atom stereocenters. The number of hydrogen-bond acceptors (Lipinski definition) is 4. The van der Waals surface area contributed by atoms with E-state index in [1.807, 2.05) is 35.8 Å². The lowest BCUT2D eigenvalue weighted by molar-refractivity contribution is -0.116. The van der Waals surface area contributed by atoms with E-state index in [1.165, 1.54) is 7.11 Å². The number of methoxy groups -OCH3 is 1. The van der Waals surface area contributed by atoms with Crippen molar-refractivity contribution in [3.8, 4) is 0 Å². The third-order valence-electron chi connectivity index (χ3n) is 4.04. The van der Waals surface area contributed by atoms with Gasteiger partial charge in [0.1, 0.15) is 0 Å². The highest BCUT2D eigenvalue weighted by Crippen LogP contribution is 2.18. The molecule has 1 heterocycles. The molecule has 3 aromatic rings. The van der Waals surface area contributed by atoms with Gasteiger partial charge in [-0.15, -0.1) is 0 Å². The average molecular weight is 337 g/mol. The summed E-state index contributed by atoms with van der Waals surface area (Å²) in [6, 6.07) is 12.9. The lowest BCUT2D eigenvalue weighted by atomic mass is 10.1. The molecule has 0 bridgehead atoms. The van der Waals surface area contributed by atoms with E-state index in [9.17, 15) is 9.59 Å². The zero-order chi connectivity index (χ0) is 17.8. The van der Waals surface area contributed by atoms with Crippen LogP contribution < -0.4 is 5.32 Å². The summed E-state index contributed by atoms with van der Waals surface area (Å²) in [5.74, 6) is -0.553. The Balaban J connectivity index is 1.67. The molecule has 0 saturated heterocycles. The monoisotopic (exact) mass is 337 g/mol. The van der Waals surface area contributed by atoms with Gasteiger partial charge < -0.3 is 14.6 Å². The average Bonchev–Trinajstić information content (AvgIpc) is 3.04. The zero-order valence-corrected chi connectivity index (χ0v) is 14.2. The first-order valence-electron chi connectivity index (χ1n) is 7.97. The molecule has 0 unspecified atom stereocenters. The van der Waals surface area contributed by atoms with Crippen molar-refractivity contribution < 1.29 is 14.3 Å². The SMILES string of the molecule is COC(=O)c1ccc(C)c(NC(=O)CCn2cnc3ccccc32)c1. The highest BCUT2D eigenvalue weighted by Gasteiger charge is 2.11. The van der Waals surface area contributed by atoms with Crippen molar-refractivity contribution >= 4 is 28.6 Å². The van der Waals surface area contributed by atoms with Gasteiger partial charge in [-0.25, -0.2) is 9.78 Å². The lowest BCUT2D eigenvalue weighted by Crippen LogP contribution is -2.15. The van der Waals surface area contributed by atoms with E-state index < -0.39 is 5.97 Å². The number of ether oxygens (including phenoxy) is 1. The fraction of sp³-hybridized carbons (Fsp3) is 0.211. The second-order valence-electron chi connectivity index (χ2n) is 5.75. The van der Waals surface area contributed by atoms with Gasteiger partial charge in [0.15, 0.2) is 0 Å². The van der Waals surface area contributed by atoms with Crippen LogP contribution in [0.2, 0.25) is 0 Å². The Morgan fingerprint density at radius 3 is 2.80 bits per heavy atom. The number of nitrogens with zero attached hydrogens (tertiary/aromatic N) is 2. The lowest BCUT2D eigenvalue weighted by Gasteiger charge is -2.10. The molecule has 0 aliphatic heterocycles. The Morgan fingerprint density at radius 1 is 1.20 bits per heavy atom. The summed E-state index contributed by atoms with van der Waals surface area (Å²) in [5.41, 5.74) is 3.81. The minimum Gasteiger partial charge on any atom is -0.465 e. The Hall–Kier alpha value is -3.15. The van der Waals surface area contributed by atoms with Crippen LogP contribution in [-0.2, 0) is 16.1 Å². The Bertz CT molecular complexity index is 931. The molecule has 0 spiro atoms. The Morgan fingerprint density at radius 2 is 2.00 bits per heavy atom. The largest absolute Gasteiger partial charge is 0.465 e. The summed E-state index contributed by atoms with van der Waals surface area (Å²) in [6.45, 7) is 2.40. The smallest absolute Gasteiger partial charge is 0.337 e. The Labute approximate surface area is 145 Å². The van der Waals surface area contributed by atoms with Crippen molar-refractivity contribution in [2.75, 3.05) is 12.4 Å². The van der Waals surface area contributed by atoms with Crippen LogP contribution >= 0.6 is 0 Å². The summed E-state index contributed by atoms with van der Waals surface area (Å²) in [5, 5.41) is 2.86. The molecule has 25 heavy (non-hydrogen) atoms. The predicted octanol–water partition coefficient (Wildman–Crippen LogP) is 3.16. The van der Waals surface area contributed by atoms with Gasteiger partial charge >= 0.3 is 5.97 Å². The fourth-order valence-electron chi connectivity index (χ4n) is 2.62. The van der Waals surface area contributed by atoms with Crippen molar-refractivity contribution in [3.05, 3.63) is 59.9 Å². The fourth-order valence-corrected chi connectivity index (χ4v) is 2.62. The summed E-state index contributed by atoms with van der Waals surface area (Å²) in [4.78, 5) is 28.2. The first-order chi connectivity index (χ1) is 12.1. The maximum Gasteiger partial charge on any atom is 0.337 e. The molecule has 0 radical (unpaired) electrons. The summed E-state index contributed by atoms with van der Waals surface area (Å²) < 4.78 is 6.66. The Kier molecular flexibility index (Phi) is 4.79. The number of carbonyl (C=O) groups is 2. The predicted molar refractivity (Wildman–Crippen MR) is 95.5 cm³/mol. The highest BCUT2D eigenvalue weighted by atomic mass is 16.5. The standard InChI is InChI=1S/C19H19N3O3/c1-13-7-8-14(19(24)25-2)11-16(13)21-18(23)9-10-22-12-20-15-5-3-4-6-17(15)22/h3-8,11-12H,9-10H2,1-2H3,(H,21,23). The second kappa shape index (κ2) is 7.17. The summed E-state index contributed by atoms with van der Waals surface area (Å²) in [6.07, 6.45) is 2.04. The number of nitrogens with one attached hydrogen (secondary N) is 1. The van der Waals surface area contributed by atoms with Gasteiger partial charge in [-0.1, -0.05) is 18.2 Å². The van der Waals surface area contributed by atoms with Gasteiger partial charge in [-0.2, -0.15) is 0 Å². The number of fused-ring (bicyclic) bond motifs is 1. The highest BCUT2D eigenvalue weighted by molar-refractivity contribution is 5.95. The van der Waals surface area contributed by atoms with E-state index in [4.69, 9.17) is 4.74 Å². The number of rotatable bonds is 5. The quantitative estimate of drug-likeness (QED) is 0.726. The molecule has 1 amide bonds. The van der Waals surface area contributed by atoms with Crippen LogP contribution in [0.4, 0.5) is 5.69 Å². The van der Waals surface area contributed by atoms with Crippen LogP contribution in [0, 0.1) is 6.92 Å². The number of carbonyl (C=O) groups excluding carboxylic acids is 2. The number of aromatic nitrogens is 2. The maximum atomic E-state index is 12.3. The van der Waals surface area contributed by atoms with Gasteiger partial charge in [-0.3, -0.25) is 4.79 Å². The number of esters is 1. The number of aryl methyl sites for hydroxylation is 2. The molecule has 0 saturated carbocycles. The minimum absolute atomic E-state index is 0.122. The summed E-state index contributed by atoms with van der Waals surface area (Å²) >= 11 is 0. The van der Waals surface area contributed by atoms with Gasteiger partial charge in [0, 0.05) is 18.7 Å². The molecule has 1 aromatic heterocycles. The zero-order valence-electron chi connectivity index (χ0n) is 14.2. The molecule has 6 nitrogen and oxygen atoms in total. The van der Waals surface area contributed by atoms with Crippen molar-refractivity contribution in [1.29, 1.82) is 0 Å². The van der Waals surface area contributed by atoms with E-state index >= 15 is 0 Å². The number of para-hydroxylation sites is 2. The van der Waals surface area contributed by atoms with Crippen LogP contribution in [0.5, 0.6) is 0 Å². The molecule has 2 aromatic carbocycles. The van der Waals surface area contributed by atoms with Crippen molar-refractivity contribution in [2.45, 2.75) is 19.9 Å². The second-order valence-corrected chi connectivity index (χ2v) is 5.75. The molecule has 6 heteroatoms. The number of anilines is 1. The molecule has 0 aliphatic rings. The first-order valence-corrected chi connectivity index (χ1v) is 7.97. The van der Waals surface area contributed by atoms with E-state index in [1.54, 1.807) is 24.5 Å². The summed E-state index contributed by atoms with van der Waals surface area (Å²) in [7, 11) is 1.33. The van der Waals surface area contributed by atoms with Crippen LogP contribution in [0.25, 0.3) is 11.0 Å². The molecule has 0 aliphatic carbocycles.